The Hall–Kier alpha value is 0.250. The van der Waals surface area contributed by atoms with Gasteiger partial charge in [0.05, 0.1) is 132 Å². The van der Waals surface area contributed by atoms with Crippen molar-refractivity contribution in [3.8, 4) is 0 Å². The monoisotopic (exact) mass is 898 g/mol. The summed E-state index contributed by atoms with van der Waals surface area (Å²) in [7, 11) is 3.27. The Balaban J connectivity index is 3.58. The molecule has 0 fully saturated rings. The molecule has 0 rings (SSSR count). The van der Waals surface area contributed by atoms with Gasteiger partial charge in [-0.1, -0.05) is 45.2 Å². The molecule has 15 nitrogen and oxygen atoms in total. The second-order valence-electron chi connectivity index (χ2n) is 9.05. The molecule has 0 saturated heterocycles. The molecular weight excluding hydrogens is 842 g/mol. The maximum atomic E-state index is 12.0. The first kappa shape index (κ1) is 46.2. The predicted octanol–water partition coefficient (Wildman–Crippen LogP) is 2.21. The lowest BCUT2D eigenvalue weighted by Gasteiger charge is -2.17. The molecule has 17 heteroatoms. The SMILES string of the molecule is COCCOCCOCCOCCOCCOC(CI)COC(=O)OCC(CI)OCCOCCOCCOCCOCCOC. The summed E-state index contributed by atoms with van der Waals surface area (Å²) in [5.74, 6) is 0. The van der Waals surface area contributed by atoms with Crippen molar-refractivity contribution < 1.29 is 71.1 Å². The van der Waals surface area contributed by atoms with Crippen molar-refractivity contribution in [2.45, 2.75) is 12.2 Å². The van der Waals surface area contributed by atoms with Crippen LogP contribution in [0.5, 0.6) is 0 Å². The third-order valence-electron chi connectivity index (χ3n) is 5.38. The Morgan fingerprint density at radius 2 is 0.652 bits per heavy atom. The highest BCUT2D eigenvalue weighted by Crippen LogP contribution is 2.03. The number of hydrogen-bond donors (Lipinski definition) is 0. The summed E-state index contributed by atoms with van der Waals surface area (Å²) >= 11 is 4.36. The quantitative estimate of drug-likeness (QED) is 0.0386. The zero-order chi connectivity index (χ0) is 33.6. The molecule has 276 valence electrons. The number of rotatable bonds is 38. The lowest BCUT2D eigenvalue weighted by molar-refractivity contribution is -0.0493. The number of carbonyl (C=O) groups excluding carboxylic acids is 1. The maximum absolute atomic E-state index is 12.0. The van der Waals surface area contributed by atoms with Crippen LogP contribution in [0.2, 0.25) is 0 Å². The molecule has 0 aliphatic heterocycles. The van der Waals surface area contributed by atoms with E-state index in [9.17, 15) is 4.79 Å². The second kappa shape index (κ2) is 39.7. The maximum Gasteiger partial charge on any atom is 0.508 e. The first-order valence-corrected chi connectivity index (χ1v) is 18.5. The van der Waals surface area contributed by atoms with Gasteiger partial charge in [0.15, 0.2) is 0 Å². The molecule has 0 radical (unpaired) electrons. The summed E-state index contributed by atoms with van der Waals surface area (Å²) in [6, 6.07) is 0. The molecular formula is C29H56I2O15. The van der Waals surface area contributed by atoms with Crippen molar-refractivity contribution in [1.29, 1.82) is 0 Å². The summed E-state index contributed by atoms with van der Waals surface area (Å²) in [5, 5.41) is 0. The van der Waals surface area contributed by atoms with Crippen LogP contribution in [-0.4, -0.2) is 187 Å². The minimum atomic E-state index is -0.760. The molecule has 46 heavy (non-hydrogen) atoms. The fourth-order valence-corrected chi connectivity index (χ4v) is 4.01. The van der Waals surface area contributed by atoms with Gasteiger partial charge in [0.1, 0.15) is 25.4 Å². The van der Waals surface area contributed by atoms with Crippen molar-refractivity contribution in [3.05, 3.63) is 0 Å². The Morgan fingerprint density at radius 1 is 0.413 bits per heavy atom. The van der Waals surface area contributed by atoms with Crippen molar-refractivity contribution >= 4 is 51.3 Å². The number of ether oxygens (including phenoxy) is 14. The molecule has 0 aliphatic rings. The van der Waals surface area contributed by atoms with E-state index in [-0.39, 0.29) is 25.4 Å². The van der Waals surface area contributed by atoms with E-state index >= 15 is 0 Å². The molecule has 0 aliphatic carbocycles. The zero-order valence-electron chi connectivity index (χ0n) is 27.5. The zero-order valence-corrected chi connectivity index (χ0v) is 31.8. The van der Waals surface area contributed by atoms with Crippen molar-refractivity contribution in [2.24, 2.45) is 0 Å². The minimum Gasteiger partial charge on any atom is -0.431 e. The molecule has 0 heterocycles. The van der Waals surface area contributed by atoms with Crippen LogP contribution >= 0.6 is 45.2 Å². The fraction of sp³-hybridized carbons (Fsp3) is 0.966. The van der Waals surface area contributed by atoms with Crippen LogP contribution in [0.25, 0.3) is 0 Å². The van der Waals surface area contributed by atoms with E-state index in [1.165, 1.54) is 0 Å². The van der Waals surface area contributed by atoms with Crippen molar-refractivity contribution in [3.63, 3.8) is 0 Å². The van der Waals surface area contributed by atoms with Crippen LogP contribution in [0.3, 0.4) is 0 Å². The van der Waals surface area contributed by atoms with Crippen LogP contribution in [-0.2, 0) is 66.3 Å². The van der Waals surface area contributed by atoms with Crippen LogP contribution in [0.4, 0.5) is 4.79 Å². The average Bonchev–Trinajstić information content (AvgIpc) is 3.07. The topological polar surface area (TPSA) is 146 Å². The van der Waals surface area contributed by atoms with E-state index in [1.54, 1.807) is 14.2 Å². The van der Waals surface area contributed by atoms with E-state index in [0.29, 0.717) is 141 Å². The van der Waals surface area contributed by atoms with Crippen LogP contribution in [0, 0.1) is 0 Å². The highest BCUT2D eigenvalue weighted by Gasteiger charge is 2.15. The largest absolute Gasteiger partial charge is 0.508 e. The summed E-state index contributed by atoms with van der Waals surface area (Å²) in [6.07, 6.45) is -1.29. The number of hydrogen-bond acceptors (Lipinski definition) is 15. The van der Waals surface area contributed by atoms with Gasteiger partial charge in [-0.05, 0) is 0 Å². The first-order chi connectivity index (χ1) is 22.7. The highest BCUT2D eigenvalue weighted by molar-refractivity contribution is 14.1. The number of halogens is 2. The van der Waals surface area contributed by atoms with Gasteiger partial charge in [0, 0.05) is 23.1 Å². The molecule has 0 aromatic carbocycles. The molecule has 0 N–H and O–H groups in total. The lowest BCUT2D eigenvalue weighted by Crippen LogP contribution is -2.28. The standard InChI is InChI=1S/C29H56I2O15/c1-33-3-5-35-7-9-37-11-13-39-15-17-41-19-21-43-27(23-30)25-45-29(32)46-26-28(24-31)44-22-20-42-18-16-40-14-12-38-10-8-36-6-4-34-2/h27-28H,3-26H2,1-2H3. The molecule has 0 spiro atoms. The van der Waals surface area contributed by atoms with E-state index in [2.05, 4.69) is 45.2 Å². The predicted molar refractivity (Wildman–Crippen MR) is 185 cm³/mol. The van der Waals surface area contributed by atoms with Gasteiger partial charge in [0.2, 0.25) is 0 Å². The average molecular weight is 899 g/mol. The molecule has 0 aromatic heterocycles. The van der Waals surface area contributed by atoms with E-state index in [4.69, 9.17) is 66.3 Å². The summed E-state index contributed by atoms with van der Waals surface area (Å²) in [4.78, 5) is 12.0. The molecule has 0 amide bonds. The summed E-state index contributed by atoms with van der Waals surface area (Å²) in [5.41, 5.74) is 0. The Morgan fingerprint density at radius 3 is 0.891 bits per heavy atom. The van der Waals surface area contributed by atoms with Gasteiger partial charge < -0.3 is 66.3 Å². The van der Waals surface area contributed by atoms with Gasteiger partial charge in [-0.3, -0.25) is 0 Å². The highest BCUT2D eigenvalue weighted by atomic mass is 127. The molecule has 0 aromatic rings. The van der Waals surface area contributed by atoms with E-state index < -0.39 is 6.16 Å². The van der Waals surface area contributed by atoms with Crippen molar-refractivity contribution in [2.75, 3.05) is 168 Å². The second-order valence-corrected chi connectivity index (χ2v) is 10.8. The smallest absolute Gasteiger partial charge is 0.431 e. The number of alkyl halides is 2. The van der Waals surface area contributed by atoms with E-state index in [1.807, 2.05) is 0 Å². The summed E-state index contributed by atoms with van der Waals surface area (Å²) in [6.45, 7) is 9.93. The minimum absolute atomic E-state index is 0.0867. The number of methoxy groups -OCH3 is 2. The fourth-order valence-electron chi connectivity index (χ4n) is 2.99. The molecule has 0 bridgehead atoms. The Kier molecular flexibility index (Phi) is 39.9. The lowest BCUT2D eigenvalue weighted by atomic mass is 10.4. The Labute approximate surface area is 301 Å². The van der Waals surface area contributed by atoms with Gasteiger partial charge in [0.25, 0.3) is 0 Å². The van der Waals surface area contributed by atoms with Crippen LogP contribution in [0.1, 0.15) is 0 Å². The summed E-state index contributed by atoms with van der Waals surface area (Å²) < 4.78 is 76.3. The van der Waals surface area contributed by atoms with Crippen LogP contribution in [0.15, 0.2) is 0 Å². The normalized spacial score (nSPS) is 12.8. The third kappa shape index (κ3) is 35.6. The van der Waals surface area contributed by atoms with Crippen LogP contribution < -0.4 is 0 Å². The van der Waals surface area contributed by atoms with Gasteiger partial charge in [-0.15, -0.1) is 0 Å². The van der Waals surface area contributed by atoms with Gasteiger partial charge in [-0.2, -0.15) is 0 Å². The van der Waals surface area contributed by atoms with Gasteiger partial charge >= 0.3 is 6.16 Å². The first-order valence-electron chi connectivity index (χ1n) is 15.4. The molecule has 2 atom stereocenters. The number of carbonyl (C=O) groups is 1. The Bertz CT molecular complexity index is 565. The molecule has 2 unspecified atom stereocenters. The third-order valence-corrected chi connectivity index (χ3v) is 7.34. The molecule has 0 saturated carbocycles. The van der Waals surface area contributed by atoms with E-state index in [0.717, 1.165) is 0 Å². The van der Waals surface area contributed by atoms with Gasteiger partial charge in [-0.25, -0.2) is 4.79 Å². The van der Waals surface area contributed by atoms with Crippen molar-refractivity contribution in [1.82, 2.24) is 0 Å².